The van der Waals surface area contributed by atoms with Gasteiger partial charge in [0, 0.05) is 17.9 Å². The van der Waals surface area contributed by atoms with Crippen LogP contribution in [0.3, 0.4) is 0 Å². The van der Waals surface area contributed by atoms with Gasteiger partial charge in [-0.05, 0) is 30.3 Å². The van der Waals surface area contributed by atoms with Crippen LogP contribution >= 0.6 is 0 Å². The highest BCUT2D eigenvalue weighted by molar-refractivity contribution is 5.96. The van der Waals surface area contributed by atoms with E-state index in [1.54, 1.807) is 30.8 Å². The summed E-state index contributed by atoms with van der Waals surface area (Å²) in [5.41, 5.74) is 2.42. The molecule has 1 aliphatic rings. The van der Waals surface area contributed by atoms with Crippen LogP contribution in [0.4, 0.5) is 5.82 Å². The van der Waals surface area contributed by atoms with Crippen LogP contribution in [-0.4, -0.2) is 34.5 Å². The summed E-state index contributed by atoms with van der Waals surface area (Å²) >= 11 is 0. The number of fused-ring (bicyclic) bond motifs is 5. The molecule has 1 aliphatic heterocycles. The smallest absolute Gasteiger partial charge is 0.258 e. The number of methoxy groups -OCH3 is 2. The molecule has 0 spiro atoms. The van der Waals surface area contributed by atoms with Crippen molar-refractivity contribution in [2.24, 2.45) is 0 Å². The lowest BCUT2D eigenvalue weighted by molar-refractivity contribution is -0.116. The van der Waals surface area contributed by atoms with Gasteiger partial charge in [0.05, 0.1) is 30.8 Å². The molecule has 8 heteroatoms. The van der Waals surface area contributed by atoms with Crippen LogP contribution < -0.4 is 20.3 Å². The van der Waals surface area contributed by atoms with Crippen molar-refractivity contribution in [1.82, 2.24) is 14.4 Å². The number of carbonyl (C=O) groups excluding carboxylic acids is 1. The summed E-state index contributed by atoms with van der Waals surface area (Å²) in [6.07, 6.45) is 0.123. The first-order valence-corrected chi connectivity index (χ1v) is 9.16. The Bertz CT molecular complexity index is 1340. The predicted molar refractivity (Wildman–Crippen MR) is 108 cm³/mol. The average molecular weight is 390 g/mol. The second kappa shape index (κ2) is 6.37. The maximum atomic E-state index is 13.1. The van der Waals surface area contributed by atoms with E-state index in [-0.39, 0.29) is 17.9 Å². The summed E-state index contributed by atoms with van der Waals surface area (Å²) in [7, 11) is 3.13. The number of para-hydroxylation sites is 2. The number of nitrogens with zero attached hydrogens (tertiary/aromatic N) is 2. The molecule has 0 fully saturated rings. The van der Waals surface area contributed by atoms with Gasteiger partial charge in [-0.1, -0.05) is 12.1 Å². The molecule has 0 saturated heterocycles. The predicted octanol–water partition coefficient (Wildman–Crippen LogP) is 2.67. The SMILES string of the molecule is COc1ccc(OC)c([C@H]2CC(=O)Nc3c2c(=O)[nH]c2nc4ccccc4n32)c1. The number of amides is 1. The van der Waals surface area contributed by atoms with Crippen LogP contribution in [-0.2, 0) is 4.79 Å². The van der Waals surface area contributed by atoms with Gasteiger partial charge >= 0.3 is 0 Å². The van der Waals surface area contributed by atoms with Crippen molar-refractivity contribution in [1.29, 1.82) is 0 Å². The minimum Gasteiger partial charge on any atom is -0.497 e. The van der Waals surface area contributed by atoms with Crippen molar-refractivity contribution >= 4 is 28.5 Å². The van der Waals surface area contributed by atoms with E-state index in [0.717, 1.165) is 16.6 Å². The van der Waals surface area contributed by atoms with E-state index in [4.69, 9.17) is 9.47 Å². The van der Waals surface area contributed by atoms with Crippen molar-refractivity contribution in [3.05, 3.63) is 63.9 Å². The molecule has 1 amide bonds. The molecule has 2 N–H and O–H groups in total. The van der Waals surface area contributed by atoms with E-state index in [9.17, 15) is 9.59 Å². The van der Waals surface area contributed by atoms with Gasteiger partial charge in [0.1, 0.15) is 17.3 Å². The highest BCUT2D eigenvalue weighted by Gasteiger charge is 2.34. The molecule has 2 aromatic carbocycles. The van der Waals surface area contributed by atoms with Gasteiger partial charge in [-0.15, -0.1) is 0 Å². The minimum absolute atomic E-state index is 0.123. The molecule has 0 aliphatic carbocycles. The Balaban J connectivity index is 1.85. The lowest BCUT2D eigenvalue weighted by atomic mass is 9.86. The van der Waals surface area contributed by atoms with E-state index in [2.05, 4.69) is 15.3 Å². The van der Waals surface area contributed by atoms with Gasteiger partial charge in [-0.25, -0.2) is 4.98 Å². The standard InChI is InChI=1S/C21H18N4O4/c1-28-11-7-8-16(29-2)12(9-11)13-10-17(26)23-19-18(13)20(27)24-21-22-14-5-3-4-6-15(14)25(19)21/h3-9,13H,10H2,1-2H3,(H,23,26)(H,22,24,27)/t13-/m1/s1. The molecular formula is C21H18N4O4. The third kappa shape index (κ3) is 2.56. The van der Waals surface area contributed by atoms with Gasteiger partial charge in [0.25, 0.3) is 5.56 Å². The van der Waals surface area contributed by atoms with Gasteiger partial charge in [-0.2, -0.15) is 0 Å². The number of anilines is 1. The number of rotatable bonds is 3. The molecule has 146 valence electrons. The summed E-state index contributed by atoms with van der Waals surface area (Å²) in [5.74, 6) is 1.36. The Kier molecular flexibility index (Phi) is 3.80. The van der Waals surface area contributed by atoms with Crippen LogP contribution in [0.25, 0.3) is 16.8 Å². The van der Waals surface area contributed by atoms with Crippen LogP contribution in [0.5, 0.6) is 11.5 Å². The fourth-order valence-corrected chi connectivity index (χ4v) is 4.03. The normalized spacial score (nSPS) is 15.9. The van der Waals surface area contributed by atoms with Crippen LogP contribution in [0.2, 0.25) is 0 Å². The molecular weight excluding hydrogens is 372 g/mol. The van der Waals surface area contributed by atoms with Crippen molar-refractivity contribution < 1.29 is 14.3 Å². The highest BCUT2D eigenvalue weighted by atomic mass is 16.5. The summed E-state index contributed by atoms with van der Waals surface area (Å²) in [4.78, 5) is 33.1. The average Bonchev–Trinajstić information content (AvgIpc) is 3.10. The second-order valence-corrected chi connectivity index (χ2v) is 6.89. The number of hydrogen-bond acceptors (Lipinski definition) is 5. The van der Waals surface area contributed by atoms with Crippen molar-refractivity contribution in [3.8, 4) is 11.5 Å². The number of benzene rings is 2. The molecule has 0 unspecified atom stereocenters. The van der Waals surface area contributed by atoms with Crippen molar-refractivity contribution in [2.75, 3.05) is 19.5 Å². The Labute approximate surface area is 165 Å². The summed E-state index contributed by atoms with van der Waals surface area (Å²) in [6, 6.07) is 12.9. The second-order valence-electron chi connectivity index (χ2n) is 6.89. The first-order valence-electron chi connectivity index (χ1n) is 9.16. The van der Waals surface area contributed by atoms with Gasteiger partial charge < -0.3 is 14.8 Å². The molecule has 2 aromatic heterocycles. The quantitative estimate of drug-likeness (QED) is 0.561. The number of ether oxygens (including phenoxy) is 2. The molecule has 1 atom stereocenters. The fourth-order valence-electron chi connectivity index (χ4n) is 4.03. The first kappa shape index (κ1) is 17.3. The van der Waals surface area contributed by atoms with Crippen LogP contribution in [0.1, 0.15) is 23.5 Å². The zero-order valence-corrected chi connectivity index (χ0v) is 15.9. The minimum atomic E-state index is -0.488. The number of hydrogen-bond donors (Lipinski definition) is 2. The summed E-state index contributed by atoms with van der Waals surface area (Å²) in [5, 5.41) is 2.88. The lowest BCUT2D eigenvalue weighted by Crippen LogP contribution is -2.32. The number of aromatic nitrogens is 3. The number of H-pyrrole nitrogens is 1. The molecule has 0 saturated carbocycles. The van der Waals surface area contributed by atoms with E-state index < -0.39 is 5.92 Å². The molecule has 0 bridgehead atoms. The molecule has 8 nitrogen and oxygen atoms in total. The van der Waals surface area contributed by atoms with Gasteiger partial charge in [0.2, 0.25) is 11.7 Å². The number of carbonyl (C=O) groups is 1. The first-order chi connectivity index (χ1) is 14.1. The van der Waals surface area contributed by atoms with E-state index in [0.29, 0.717) is 28.7 Å². The van der Waals surface area contributed by atoms with E-state index in [1.807, 2.05) is 30.3 Å². The number of aromatic amines is 1. The largest absolute Gasteiger partial charge is 0.497 e. The lowest BCUT2D eigenvalue weighted by Gasteiger charge is -2.27. The summed E-state index contributed by atoms with van der Waals surface area (Å²) < 4.78 is 12.6. The topological polar surface area (TPSA) is 97.7 Å². The van der Waals surface area contributed by atoms with E-state index >= 15 is 0 Å². The maximum absolute atomic E-state index is 13.1. The monoisotopic (exact) mass is 390 g/mol. The van der Waals surface area contributed by atoms with E-state index in [1.165, 1.54) is 0 Å². The van der Waals surface area contributed by atoms with Gasteiger partial charge in [0.15, 0.2) is 0 Å². The highest BCUT2D eigenvalue weighted by Crippen LogP contribution is 2.41. The number of nitrogens with one attached hydrogen (secondary N) is 2. The molecule has 4 aromatic rings. The Morgan fingerprint density at radius 2 is 1.93 bits per heavy atom. The maximum Gasteiger partial charge on any atom is 0.258 e. The third-order valence-electron chi connectivity index (χ3n) is 5.32. The van der Waals surface area contributed by atoms with Crippen molar-refractivity contribution in [3.63, 3.8) is 0 Å². The Morgan fingerprint density at radius 1 is 1.10 bits per heavy atom. The van der Waals surface area contributed by atoms with Crippen LogP contribution in [0.15, 0.2) is 47.3 Å². The van der Waals surface area contributed by atoms with Crippen molar-refractivity contribution in [2.45, 2.75) is 12.3 Å². The zero-order chi connectivity index (χ0) is 20.1. The zero-order valence-electron chi connectivity index (χ0n) is 15.9. The fraction of sp³-hybridized carbons (Fsp3) is 0.190. The Hall–Kier alpha value is -3.81. The van der Waals surface area contributed by atoms with Gasteiger partial charge in [-0.3, -0.25) is 19.0 Å². The third-order valence-corrected chi connectivity index (χ3v) is 5.32. The Morgan fingerprint density at radius 3 is 2.72 bits per heavy atom. The molecule has 5 rings (SSSR count). The molecule has 29 heavy (non-hydrogen) atoms. The summed E-state index contributed by atoms with van der Waals surface area (Å²) in [6.45, 7) is 0. The van der Waals surface area contributed by atoms with Crippen LogP contribution in [0, 0.1) is 0 Å². The molecule has 0 radical (unpaired) electrons. The number of imidazole rings is 1. The molecule has 3 heterocycles.